The molecule has 0 bridgehead atoms. The topological polar surface area (TPSA) is 49.6 Å². The molecule has 2 fully saturated rings. The number of hydrogen-bond donors (Lipinski definition) is 1. The van der Waals surface area contributed by atoms with Crippen LogP contribution in [-0.2, 0) is 4.79 Å². The summed E-state index contributed by atoms with van der Waals surface area (Å²) in [6, 6.07) is 0.785. The fourth-order valence-corrected chi connectivity index (χ4v) is 3.47. The van der Waals surface area contributed by atoms with Gasteiger partial charge in [-0.15, -0.1) is 0 Å². The molecule has 1 amide bonds. The minimum absolute atomic E-state index is 0.00182. The lowest BCUT2D eigenvalue weighted by molar-refractivity contribution is -0.138. The van der Waals surface area contributed by atoms with Crippen LogP contribution in [0.25, 0.3) is 0 Å². The first-order valence-corrected chi connectivity index (χ1v) is 7.86. The van der Waals surface area contributed by atoms with Gasteiger partial charge in [-0.3, -0.25) is 9.69 Å². The smallest absolute Gasteiger partial charge is 0.227 e. The molecule has 110 valence electrons. The highest BCUT2D eigenvalue weighted by Gasteiger charge is 2.31. The number of amides is 1. The Hall–Kier alpha value is -0.610. The summed E-state index contributed by atoms with van der Waals surface area (Å²) in [5.74, 6) is 0.604. The summed E-state index contributed by atoms with van der Waals surface area (Å²) in [7, 11) is 0. The van der Waals surface area contributed by atoms with Crippen LogP contribution in [0.15, 0.2) is 0 Å². The van der Waals surface area contributed by atoms with Crippen molar-refractivity contribution in [3.8, 4) is 0 Å². The molecule has 19 heavy (non-hydrogen) atoms. The number of piperazine rings is 1. The first kappa shape index (κ1) is 14.8. The lowest BCUT2D eigenvalue weighted by Gasteiger charge is -2.39. The predicted octanol–water partition coefficient (Wildman–Crippen LogP) is 1.30. The van der Waals surface area contributed by atoms with E-state index >= 15 is 0 Å². The van der Waals surface area contributed by atoms with E-state index in [0.29, 0.717) is 12.5 Å². The molecular weight excluding hydrogens is 238 g/mol. The molecule has 1 aliphatic carbocycles. The normalized spacial score (nSPS) is 24.1. The molecule has 1 heterocycles. The van der Waals surface area contributed by atoms with E-state index in [2.05, 4.69) is 18.7 Å². The third-order valence-corrected chi connectivity index (χ3v) is 4.84. The second kappa shape index (κ2) is 6.71. The van der Waals surface area contributed by atoms with Crippen LogP contribution in [0.5, 0.6) is 0 Å². The number of hydrogen-bond acceptors (Lipinski definition) is 3. The van der Waals surface area contributed by atoms with E-state index in [1.54, 1.807) is 0 Å². The van der Waals surface area contributed by atoms with Crippen molar-refractivity contribution in [1.82, 2.24) is 9.80 Å². The van der Waals surface area contributed by atoms with Crippen LogP contribution in [0.4, 0.5) is 0 Å². The molecule has 0 aromatic rings. The van der Waals surface area contributed by atoms with Crippen molar-refractivity contribution in [3.63, 3.8) is 0 Å². The zero-order chi connectivity index (χ0) is 13.8. The highest BCUT2D eigenvalue weighted by Crippen LogP contribution is 2.24. The predicted molar refractivity (Wildman–Crippen MR) is 77.8 cm³/mol. The van der Waals surface area contributed by atoms with Crippen LogP contribution in [0.1, 0.15) is 39.5 Å². The van der Waals surface area contributed by atoms with E-state index in [9.17, 15) is 4.79 Å². The van der Waals surface area contributed by atoms with Gasteiger partial charge in [0.1, 0.15) is 0 Å². The van der Waals surface area contributed by atoms with E-state index in [4.69, 9.17) is 5.73 Å². The Morgan fingerprint density at radius 1 is 1.16 bits per heavy atom. The molecule has 2 rings (SSSR count). The Morgan fingerprint density at radius 2 is 1.74 bits per heavy atom. The van der Waals surface area contributed by atoms with Gasteiger partial charge in [-0.25, -0.2) is 0 Å². The third kappa shape index (κ3) is 3.48. The van der Waals surface area contributed by atoms with Crippen LogP contribution in [-0.4, -0.2) is 54.5 Å². The van der Waals surface area contributed by atoms with Crippen molar-refractivity contribution in [2.45, 2.75) is 45.6 Å². The molecule has 0 aromatic carbocycles. The highest BCUT2D eigenvalue weighted by molar-refractivity contribution is 5.79. The van der Waals surface area contributed by atoms with Gasteiger partial charge in [0.2, 0.25) is 5.91 Å². The third-order valence-electron chi connectivity index (χ3n) is 4.84. The van der Waals surface area contributed by atoms with Crippen molar-refractivity contribution >= 4 is 5.91 Å². The van der Waals surface area contributed by atoms with Gasteiger partial charge in [-0.1, -0.05) is 26.7 Å². The Balaban J connectivity index is 1.83. The standard InChI is InChI=1S/C15H29N3O/c1-12(2)14(11-16)15(19)18-9-7-17(8-10-18)13-5-3-4-6-13/h12-14H,3-11,16H2,1-2H3. The molecule has 2 N–H and O–H groups in total. The van der Waals surface area contributed by atoms with Crippen LogP contribution >= 0.6 is 0 Å². The summed E-state index contributed by atoms with van der Waals surface area (Å²) < 4.78 is 0. The molecule has 1 saturated carbocycles. The number of rotatable bonds is 4. The fourth-order valence-electron chi connectivity index (χ4n) is 3.47. The van der Waals surface area contributed by atoms with E-state index in [1.165, 1.54) is 25.7 Å². The zero-order valence-electron chi connectivity index (χ0n) is 12.5. The SMILES string of the molecule is CC(C)C(CN)C(=O)N1CCN(C2CCCC2)CC1. The minimum atomic E-state index is -0.00182. The number of nitrogens with two attached hydrogens (primary N) is 1. The minimum Gasteiger partial charge on any atom is -0.340 e. The van der Waals surface area contributed by atoms with Crippen molar-refractivity contribution < 1.29 is 4.79 Å². The van der Waals surface area contributed by atoms with Crippen LogP contribution in [0, 0.1) is 11.8 Å². The molecule has 1 atom stereocenters. The van der Waals surface area contributed by atoms with Crippen molar-refractivity contribution in [3.05, 3.63) is 0 Å². The molecule has 1 unspecified atom stereocenters. The van der Waals surface area contributed by atoms with Crippen LogP contribution in [0.2, 0.25) is 0 Å². The summed E-state index contributed by atoms with van der Waals surface area (Å²) in [6.45, 7) is 8.52. The molecule has 4 nitrogen and oxygen atoms in total. The maximum absolute atomic E-state index is 12.4. The molecular formula is C15H29N3O. The van der Waals surface area contributed by atoms with Crippen molar-refractivity contribution in [2.24, 2.45) is 17.6 Å². The Labute approximate surface area is 117 Å². The van der Waals surface area contributed by atoms with Gasteiger partial charge in [0.25, 0.3) is 0 Å². The molecule has 1 saturated heterocycles. The van der Waals surface area contributed by atoms with Gasteiger partial charge in [0.05, 0.1) is 5.92 Å². The molecule has 2 aliphatic rings. The first-order chi connectivity index (χ1) is 9.13. The van der Waals surface area contributed by atoms with Crippen molar-refractivity contribution in [2.75, 3.05) is 32.7 Å². The molecule has 0 aromatic heterocycles. The van der Waals surface area contributed by atoms with Crippen LogP contribution < -0.4 is 5.73 Å². The first-order valence-electron chi connectivity index (χ1n) is 7.86. The molecule has 1 aliphatic heterocycles. The quantitative estimate of drug-likeness (QED) is 0.835. The van der Waals surface area contributed by atoms with Gasteiger partial charge >= 0.3 is 0 Å². The summed E-state index contributed by atoms with van der Waals surface area (Å²) in [5, 5.41) is 0. The Kier molecular flexibility index (Phi) is 5.22. The number of carbonyl (C=O) groups excluding carboxylic acids is 1. The van der Waals surface area contributed by atoms with Crippen molar-refractivity contribution in [1.29, 1.82) is 0 Å². The lowest BCUT2D eigenvalue weighted by atomic mass is 9.94. The maximum Gasteiger partial charge on any atom is 0.227 e. The van der Waals surface area contributed by atoms with Crippen LogP contribution in [0.3, 0.4) is 0 Å². The van der Waals surface area contributed by atoms with Gasteiger partial charge in [-0.2, -0.15) is 0 Å². The lowest BCUT2D eigenvalue weighted by Crippen LogP contribution is -2.53. The average molecular weight is 267 g/mol. The Bertz CT molecular complexity index is 292. The van der Waals surface area contributed by atoms with Gasteiger partial charge in [0, 0.05) is 38.8 Å². The summed E-state index contributed by atoms with van der Waals surface area (Å²) in [6.07, 6.45) is 5.47. The van der Waals surface area contributed by atoms with E-state index in [1.807, 2.05) is 4.90 Å². The number of nitrogens with zero attached hydrogens (tertiary/aromatic N) is 2. The highest BCUT2D eigenvalue weighted by atomic mass is 16.2. The largest absolute Gasteiger partial charge is 0.340 e. The average Bonchev–Trinajstić information content (AvgIpc) is 2.93. The van der Waals surface area contributed by atoms with E-state index in [-0.39, 0.29) is 11.8 Å². The number of carbonyl (C=O) groups is 1. The molecule has 0 radical (unpaired) electrons. The maximum atomic E-state index is 12.4. The molecule has 4 heteroatoms. The second-order valence-corrected chi connectivity index (χ2v) is 6.39. The summed E-state index contributed by atoms with van der Waals surface area (Å²) >= 11 is 0. The summed E-state index contributed by atoms with van der Waals surface area (Å²) in [5.41, 5.74) is 5.75. The van der Waals surface area contributed by atoms with E-state index in [0.717, 1.165) is 32.2 Å². The summed E-state index contributed by atoms with van der Waals surface area (Å²) in [4.78, 5) is 17.0. The monoisotopic (exact) mass is 267 g/mol. The zero-order valence-corrected chi connectivity index (χ0v) is 12.5. The second-order valence-electron chi connectivity index (χ2n) is 6.39. The van der Waals surface area contributed by atoms with E-state index < -0.39 is 0 Å². The molecule has 0 spiro atoms. The Morgan fingerprint density at radius 3 is 2.21 bits per heavy atom. The van der Waals surface area contributed by atoms with Gasteiger partial charge in [-0.05, 0) is 18.8 Å². The van der Waals surface area contributed by atoms with Gasteiger partial charge < -0.3 is 10.6 Å². The fraction of sp³-hybridized carbons (Fsp3) is 0.933. The van der Waals surface area contributed by atoms with Gasteiger partial charge in [0.15, 0.2) is 0 Å².